The van der Waals surface area contributed by atoms with Crippen molar-refractivity contribution in [2.24, 2.45) is 0 Å². The zero-order valence-corrected chi connectivity index (χ0v) is 13.1. The molecule has 0 radical (unpaired) electrons. The van der Waals surface area contributed by atoms with Gasteiger partial charge in [0.2, 0.25) is 0 Å². The van der Waals surface area contributed by atoms with Crippen LogP contribution in [0.4, 0.5) is 0 Å². The lowest BCUT2D eigenvalue weighted by molar-refractivity contribution is 0.0968. The molecular formula is C15H21NOS2. The topological polar surface area (TPSA) is 22.1 Å². The van der Waals surface area contributed by atoms with Crippen LogP contribution in [0.3, 0.4) is 0 Å². The fourth-order valence-corrected chi connectivity index (χ4v) is 3.34. The third kappa shape index (κ3) is 5.13. The quantitative estimate of drug-likeness (QED) is 0.832. The van der Waals surface area contributed by atoms with Gasteiger partial charge in [0.25, 0.3) is 0 Å². The largest absolute Gasteiger partial charge is 0.381 e. The fourth-order valence-electron chi connectivity index (χ4n) is 1.95. The first-order valence-corrected chi connectivity index (χ1v) is 8.19. The van der Waals surface area contributed by atoms with Crippen molar-refractivity contribution >= 4 is 34.2 Å². The summed E-state index contributed by atoms with van der Waals surface area (Å²) >= 11 is 6.12. The number of hydrogen-bond donors (Lipinski definition) is 1. The van der Waals surface area contributed by atoms with Crippen molar-refractivity contribution in [3.05, 3.63) is 29.3 Å². The summed E-state index contributed by atoms with van der Waals surface area (Å²) in [6.45, 7) is 4.09. The van der Waals surface area contributed by atoms with Crippen LogP contribution in [-0.4, -0.2) is 23.4 Å². The summed E-state index contributed by atoms with van der Waals surface area (Å²) in [5.41, 5.74) is 1.11. The van der Waals surface area contributed by atoms with Gasteiger partial charge in [0.15, 0.2) is 0 Å². The Morgan fingerprint density at radius 1 is 1.26 bits per heavy atom. The molecular weight excluding hydrogens is 274 g/mol. The van der Waals surface area contributed by atoms with E-state index in [2.05, 4.69) is 42.7 Å². The molecule has 1 aliphatic rings. The van der Waals surface area contributed by atoms with E-state index in [0.29, 0.717) is 5.25 Å². The fraction of sp³-hybridized carbons (Fsp3) is 0.533. The molecule has 1 aromatic heterocycles. The molecule has 0 aliphatic carbocycles. The third-order valence-electron chi connectivity index (χ3n) is 2.89. The van der Waals surface area contributed by atoms with Crippen molar-refractivity contribution in [3.8, 4) is 0 Å². The summed E-state index contributed by atoms with van der Waals surface area (Å²) in [6, 6.07) is 8.24. The Morgan fingerprint density at radius 2 is 2.00 bits per heavy atom. The highest BCUT2D eigenvalue weighted by atomic mass is 32.1. The predicted molar refractivity (Wildman–Crippen MR) is 86.4 cm³/mol. The highest BCUT2D eigenvalue weighted by molar-refractivity contribution is 7.80. The molecule has 4 heteroatoms. The number of rotatable bonds is 2. The molecule has 104 valence electrons. The van der Waals surface area contributed by atoms with Gasteiger partial charge in [0, 0.05) is 24.9 Å². The molecule has 19 heavy (non-hydrogen) atoms. The Kier molecular flexibility index (Phi) is 6.14. The van der Waals surface area contributed by atoms with Crippen molar-refractivity contribution in [1.29, 1.82) is 0 Å². The minimum absolute atomic E-state index is 0.389. The van der Waals surface area contributed by atoms with Gasteiger partial charge < -0.3 is 4.74 Å². The number of fused-ring (bicyclic) bond motifs is 1. The number of benzene rings is 1. The molecule has 1 saturated heterocycles. The van der Waals surface area contributed by atoms with Gasteiger partial charge in [-0.3, -0.25) is 0 Å². The lowest BCUT2D eigenvalue weighted by Gasteiger charge is -2.08. The van der Waals surface area contributed by atoms with Crippen LogP contribution in [0.25, 0.3) is 10.2 Å². The summed E-state index contributed by atoms with van der Waals surface area (Å²) in [5, 5.41) is 1.57. The standard InChI is InChI=1S/C10H11NS2.C5H10O/c1-7(12)6-10-11-8-4-2-3-5-9(8)13-10;1-2-4-6-5-3-1/h2-5,7,12H,6H2,1H3;1-5H2. The van der Waals surface area contributed by atoms with Crippen LogP contribution in [0.2, 0.25) is 0 Å². The smallest absolute Gasteiger partial charge is 0.0949 e. The van der Waals surface area contributed by atoms with E-state index >= 15 is 0 Å². The van der Waals surface area contributed by atoms with Crippen molar-refractivity contribution in [1.82, 2.24) is 4.98 Å². The maximum absolute atomic E-state index is 5.07. The monoisotopic (exact) mass is 295 g/mol. The van der Waals surface area contributed by atoms with Crippen molar-refractivity contribution < 1.29 is 4.74 Å². The first-order chi connectivity index (χ1) is 9.25. The van der Waals surface area contributed by atoms with Crippen LogP contribution >= 0.6 is 24.0 Å². The number of thiol groups is 1. The van der Waals surface area contributed by atoms with E-state index in [4.69, 9.17) is 4.74 Å². The number of ether oxygens (including phenoxy) is 1. The van der Waals surface area contributed by atoms with Gasteiger partial charge in [0.05, 0.1) is 15.2 Å². The number of nitrogens with zero attached hydrogens (tertiary/aromatic N) is 1. The minimum atomic E-state index is 0.389. The van der Waals surface area contributed by atoms with Gasteiger partial charge in [0.1, 0.15) is 0 Å². The van der Waals surface area contributed by atoms with Gasteiger partial charge in [-0.1, -0.05) is 19.1 Å². The van der Waals surface area contributed by atoms with Crippen molar-refractivity contribution in [3.63, 3.8) is 0 Å². The van der Waals surface area contributed by atoms with Gasteiger partial charge in [-0.05, 0) is 31.4 Å². The average Bonchev–Trinajstić information content (AvgIpc) is 2.82. The third-order valence-corrected chi connectivity index (χ3v) is 4.13. The molecule has 2 nitrogen and oxygen atoms in total. The van der Waals surface area contributed by atoms with Crippen LogP contribution in [0.15, 0.2) is 24.3 Å². The minimum Gasteiger partial charge on any atom is -0.381 e. The molecule has 1 aromatic carbocycles. The number of para-hydroxylation sites is 1. The van der Waals surface area contributed by atoms with E-state index in [9.17, 15) is 0 Å². The predicted octanol–water partition coefficient (Wildman–Crippen LogP) is 4.34. The first kappa shape index (κ1) is 14.8. The molecule has 1 aliphatic heterocycles. The average molecular weight is 295 g/mol. The summed E-state index contributed by atoms with van der Waals surface area (Å²) < 4.78 is 6.34. The van der Waals surface area contributed by atoms with Gasteiger partial charge >= 0.3 is 0 Å². The SMILES string of the molecule is C1CCOCC1.CC(S)Cc1nc2ccccc2s1. The summed E-state index contributed by atoms with van der Waals surface area (Å²) in [5.74, 6) is 0. The van der Waals surface area contributed by atoms with E-state index < -0.39 is 0 Å². The van der Waals surface area contributed by atoms with Crippen LogP contribution in [-0.2, 0) is 11.2 Å². The summed E-state index contributed by atoms with van der Waals surface area (Å²) in [6.07, 6.45) is 4.89. The molecule has 0 saturated carbocycles. The van der Waals surface area contributed by atoms with Crippen molar-refractivity contribution in [2.75, 3.05) is 13.2 Å². The van der Waals surface area contributed by atoms with E-state index in [-0.39, 0.29) is 0 Å². The van der Waals surface area contributed by atoms with Crippen LogP contribution in [0.1, 0.15) is 31.2 Å². The lowest BCUT2D eigenvalue weighted by Crippen LogP contribution is -2.03. The van der Waals surface area contributed by atoms with E-state index in [0.717, 1.165) is 25.2 Å². The van der Waals surface area contributed by atoms with Crippen molar-refractivity contribution in [2.45, 2.75) is 37.9 Å². The second kappa shape index (κ2) is 7.88. The Balaban J connectivity index is 0.000000186. The molecule has 2 aromatic rings. The molecule has 0 N–H and O–H groups in total. The molecule has 0 bridgehead atoms. The zero-order chi connectivity index (χ0) is 13.5. The molecule has 1 atom stereocenters. The molecule has 1 unspecified atom stereocenters. The number of hydrogen-bond acceptors (Lipinski definition) is 4. The molecule has 3 rings (SSSR count). The maximum Gasteiger partial charge on any atom is 0.0949 e. The van der Waals surface area contributed by atoms with Crippen LogP contribution < -0.4 is 0 Å². The number of aromatic nitrogens is 1. The Bertz CT molecular complexity index is 447. The van der Waals surface area contributed by atoms with Gasteiger partial charge in [-0.25, -0.2) is 4.98 Å². The summed E-state index contributed by atoms with van der Waals surface area (Å²) in [7, 11) is 0. The van der Waals surface area contributed by atoms with Gasteiger partial charge in [-0.15, -0.1) is 11.3 Å². The molecule has 0 spiro atoms. The molecule has 1 fully saturated rings. The second-order valence-electron chi connectivity index (χ2n) is 4.80. The lowest BCUT2D eigenvalue weighted by atomic mass is 10.2. The highest BCUT2D eigenvalue weighted by Gasteiger charge is 2.04. The van der Waals surface area contributed by atoms with Gasteiger partial charge in [-0.2, -0.15) is 12.6 Å². The van der Waals surface area contributed by atoms with Crippen LogP contribution in [0.5, 0.6) is 0 Å². The highest BCUT2D eigenvalue weighted by Crippen LogP contribution is 2.22. The molecule has 0 amide bonds. The molecule has 2 heterocycles. The Hall–Kier alpha value is -0.580. The maximum atomic E-state index is 5.07. The number of thiazole rings is 1. The Morgan fingerprint density at radius 3 is 2.53 bits per heavy atom. The van der Waals surface area contributed by atoms with E-state index in [1.807, 2.05) is 6.07 Å². The van der Waals surface area contributed by atoms with E-state index in [1.165, 1.54) is 29.0 Å². The first-order valence-electron chi connectivity index (χ1n) is 6.86. The van der Waals surface area contributed by atoms with Crippen LogP contribution in [0, 0.1) is 0 Å². The normalized spacial score (nSPS) is 16.7. The zero-order valence-electron chi connectivity index (χ0n) is 11.3. The summed E-state index contributed by atoms with van der Waals surface area (Å²) in [4.78, 5) is 4.52. The Labute approximate surface area is 124 Å². The second-order valence-corrected chi connectivity index (χ2v) is 6.80. The van der Waals surface area contributed by atoms with E-state index in [1.54, 1.807) is 11.3 Å².